The molecule has 0 bridgehead atoms. The second kappa shape index (κ2) is 7.02. The monoisotopic (exact) mass is 368 g/mol. The minimum absolute atomic E-state index is 0.0299. The number of ether oxygens (including phenoxy) is 2. The van der Waals surface area contributed by atoms with Crippen molar-refractivity contribution in [1.82, 2.24) is 9.80 Å². The van der Waals surface area contributed by atoms with Gasteiger partial charge in [-0.3, -0.25) is 19.4 Å². The van der Waals surface area contributed by atoms with E-state index < -0.39 is 6.10 Å². The Hall–Kier alpha value is -2.90. The minimum atomic E-state index is -0.841. The van der Waals surface area contributed by atoms with Crippen LogP contribution in [0.25, 0.3) is 0 Å². The van der Waals surface area contributed by atoms with Crippen molar-refractivity contribution >= 4 is 11.8 Å². The molecule has 0 saturated carbocycles. The molecule has 2 aromatic carbocycles. The van der Waals surface area contributed by atoms with Crippen LogP contribution >= 0.6 is 0 Å². The number of aliphatic hydroxyl groups excluding tert-OH is 1. The predicted octanol–water partition coefficient (Wildman–Crippen LogP) is 1.50. The predicted molar refractivity (Wildman–Crippen MR) is 96.7 cm³/mol. The number of carbonyl (C=O) groups excluding carboxylic acids is 2. The molecule has 4 rings (SSSR count). The van der Waals surface area contributed by atoms with Gasteiger partial charge in [0.1, 0.15) is 0 Å². The van der Waals surface area contributed by atoms with Gasteiger partial charge in [-0.1, -0.05) is 18.2 Å². The minimum Gasteiger partial charge on any atom is -0.454 e. The molecule has 0 spiro atoms. The molecule has 0 aromatic heterocycles. The first-order chi connectivity index (χ1) is 13.0. The molecule has 0 aliphatic carbocycles. The lowest BCUT2D eigenvalue weighted by atomic mass is 10.1. The third-order valence-electron chi connectivity index (χ3n) is 4.68. The number of imide groups is 1. The number of nitrogens with zero attached hydrogens (tertiary/aromatic N) is 2. The Balaban J connectivity index is 1.35. The fraction of sp³-hybridized carbons (Fsp3) is 0.300. The van der Waals surface area contributed by atoms with E-state index in [1.54, 1.807) is 24.3 Å². The Labute approximate surface area is 156 Å². The third kappa shape index (κ3) is 3.39. The summed E-state index contributed by atoms with van der Waals surface area (Å²) in [5.41, 5.74) is 1.81. The maximum absolute atomic E-state index is 12.4. The molecule has 2 aliphatic rings. The first kappa shape index (κ1) is 17.5. The molecule has 2 amide bonds. The highest BCUT2D eigenvalue weighted by atomic mass is 16.7. The van der Waals surface area contributed by atoms with Gasteiger partial charge in [0.25, 0.3) is 11.8 Å². The highest BCUT2D eigenvalue weighted by Crippen LogP contribution is 2.32. The largest absolute Gasteiger partial charge is 0.454 e. The topological polar surface area (TPSA) is 79.3 Å². The summed E-state index contributed by atoms with van der Waals surface area (Å²) in [7, 11) is 1.87. The van der Waals surface area contributed by atoms with Gasteiger partial charge in [-0.2, -0.15) is 0 Å². The van der Waals surface area contributed by atoms with E-state index in [-0.39, 0.29) is 25.2 Å². The Bertz CT molecular complexity index is 863. The highest BCUT2D eigenvalue weighted by Gasteiger charge is 2.36. The van der Waals surface area contributed by atoms with Crippen LogP contribution in [0.15, 0.2) is 42.5 Å². The van der Waals surface area contributed by atoms with Crippen LogP contribution in [-0.2, 0) is 6.54 Å². The number of carbonyl (C=O) groups is 2. The summed E-state index contributed by atoms with van der Waals surface area (Å²) in [5.74, 6) is 0.737. The van der Waals surface area contributed by atoms with E-state index in [1.165, 1.54) is 0 Å². The molecular weight excluding hydrogens is 348 g/mol. The number of benzene rings is 2. The zero-order valence-electron chi connectivity index (χ0n) is 14.9. The van der Waals surface area contributed by atoms with Crippen LogP contribution in [0.1, 0.15) is 26.3 Å². The Kier molecular flexibility index (Phi) is 4.55. The van der Waals surface area contributed by atoms with Gasteiger partial charge in [0.15, 0.2) is 11.5 Å². The van der Waals surface area contributed by atoms with E-state index in [0.717, 1.165) is 16.2 Å². The van der Waals surface area contributed by atoms with Gasteiger partial charge in [0, 0.05) is 13.1 Å². The summed E-state index contributed by atoms with van der Waals surface area (Å²) in [5, 5.41) is 10.4. The molecule has 2 aromatic rings. The van der Waals surface area contributed by atoms with Gasteiger partial charge < -0.3 is 14.6 Å². The van der Waals surface area contributed by atoms with E-state index in [4.69, 9.17) is 9.47 Å². The maximum atomic E-state index is 12.4. The van der Waals surface area contributed by atoms with Crippen molar-refractivity contribution in [3.05, 3.63) is 59.2 Å². The highest BCUT2D eigenvalue weighted by molar-refractivity contribution is 6.21. The van der Waals surface area contributed by atoms with Gasteiger partial charge in [-0.25, -0.2) is 0 Å². The molecule has 7 nitrogen and oxygen atoms in total. The van der Waals surface area contributed by atoms with Crippen LogP contribution in [0.3, 0.4) is 0 Å². The first-order valence-corrected chi connectivity index (χ1v) is 8.73. The number of amides is 2. The fourth-order valence-electron chi connectivity index (χ4n) is 3.45. The van der Waals surface area contributed by atoms with E-state index in [1.807, 2.05) is 30.1 Å². The van der Waals surface area contributed by atoms with Crippen LogP contribution in [0.5, 0.6) is 11.5 Å². The van der Waals surface area contributed by atoms with Gasteiger partial charge >= 0.3 is 0 Å². The molecular formula is C20H20N2O5. The van der Waals surface area contributed by atoms with Crippen molar-refractivity contribution < 1.29 is 24.2 Å². The average Bonchev–Trinajstić information content (AvgIpc) is 3.20. The van der Waals surface area contributed by atoms with Gasteiger partial charge in [-0.05, 0) is 36.9 Å². The van der Waals surface area contributed by atoms with Crippen LogP contribution in [0.4, 0.5) is 0 Å². The second-order valence-corrected chi connectivity index (χ2v) is 6.80. The van der Waals surface area contributed by atoms with Crippen LogP contribution in [0, 0.1) is 0 Å². The first-order valence-electron chi connectivity index (χ1n) is 8.73. The number of hydrogen-bond donors (Lipinski definition) is 1. The molecule has 0 radical (unpaired) electrons. The smallest absolute Gasteiger partial charge is 0.261 e. The van der Waals surface area contributed by atoms with Gasteiger partial charge in [-0.15, -0.1) is 0 Å². The molecule has 0 saturated heterocycles. The normalized spacial score (nSPS) is 16.2. The lowest BCUT2D eigenvalue weighted by Crippen LogP contribution is -2.41. The van der Waals surface area contributed by atoms with Crippen molar-refractivity contribution in [2.24, 2.45) is 0 Å². The zero-order chi connectivity index (χ0) is 19.0. The average molecular weight is 368 g/mol. The number of β-amino-alcohol motifs (C(OH)–C–C–N with tert-alkyl or cyclic N) is 1. The lowest BCUT2D eigenvalue weighted by Gasteiger charge is -2.23. The van der Waals surface area contributed by atoms with Crippen LogP contribution in [-0.4, -0.2) is 59.8 Å². The Morgan fingerprint density at radius 1 is 1.07 bits per heavy atom. The molecule has 2 aliphatic heterocycles. The van der Waals surface area contributed by atoms with Gasteiger partial charge in [0.05, 0.1) is 23.8 Å². The summed E-state index contributed by atoms with van der Waals surface area (Å²) in [4.78, 5) is 27.8. The Morgan fingerprint density at radius 3 is 2.44 bits per heavy atom. The summed E-state index contributed by atoms with van der Waals surface area (Å²) in [6.07, 6.45) is -0.841. The van der Waals surface area contributed by atoms with E-state index in [2.05, 4.69) is 0 Å². The van der Waals surface area contributed by atoms with Crippen LogP contribution < -0.4 is 9.47 Å². The third-order valence-corrected chi connectivity index (χ3v) is 4.68. The lowest BCUT2D eigenvalue weighted by molar-refractivity contribution is 0.0488. The van der Waals surface area contributed by atoms with E-state index in [0.29, 0.717) is 30.0 Å². The molecule has 27 heavy (non-hydrogen) atoms. The molecule has 0 fully saturated rings. The maximum Gasteiger partial charge on any atom is 0.261 e. The van der Waals surface area contributed by atoms with Crippen molar-refractivity contribution in [1.29, 1.82) is 0 Å². The van der Waals surface area contributed by atoms with Crippen molar-refractivity contribution in [3.8, 4) is 11.5 Å². The standard InChI is InChI=1S/C20H20N2O5/c1-21(9-13-6-7-17-18(8-13)27-12-26-17)10-14(23)11-22-19(24)15-4-2-3-5-16(15)20(22)25/h2-8,14,23H,9-12H2,1H3/t14-/m1/s1. The van der Waals surface area contributed by atoms with Crippen molar-refractivity contribution in [2.75, 3.05) is 26.9 Å². The Morgan fingerprint density at radius 2 is 1.74 bits per heavy atom. The van der Waals surface area contributed by atoms with Crippen molar-refractivity contribution in [2.45, 2.75) is 12.6 Å². The molecule has 0 unspecified atom stereocenters. The van der Waals surface area contributed by atoms with E-state index >= 15 is 0 Å². The van der Waals surface area contributed by atoms with Crippen molar-refractivity contribution in [3.63, 3.8) is 0 Å². The fourth-order valence-corrected chi connectivity index (χ4v) is 3.45. The molecule has 7 heteroatoms. The number of rotatable bonds is 6. The van der Waals surface area contributed by atoms with E-state index in [9.17, 15) is 14.7 Å². The molecule has 1 N–H and O–H groups in total. The second-order valence-electron chi connectivity index (χ2n) is 6.80. The number of hydrogen-bond acceptors (Lipinski definition) is 6. The summed E-state index contributed by atoms with van der Waals surface area (Å²) in [6.45, 7) is 1.11. The number of aliphatic hydroxyl groups is 1. The zero-order valence-corrected chi connectivity index (χ0v) is 14.9. The summed E-state index contributed by atoms with van der Waals surface area (Å²) in [6, 6.07) is 12.4. The van der Waals surface area contributed by atoms with Crippen LogP contribution in [0.2, 0.25) is 0 Å². The summed E-state index contributed by atoms with van der Waals surface area (Å²) >= 11 is 0. The summed E-state index contributed by atoms with van der Waals surface area (Å²) < 4.78 is 10.7. The SMILES string of the molecule is CN(Cc1ccc2c(c1)OCO2)C[C@@H](O)CN1C(=O)c2ccccc2C1=O. The molecule has 2 heterocycles. The molecule has 140 valence electrons. The quantitative estimate of drug-likeness (QED) is 0.779. The molecule has 1 atom stereocenters. The number of likely N-dealkylation sites (N-methyl/N-ethyl adjacent to an activating group) is 1. The number of fused-ring (bicyclic) bond motifs is 2. The van der Waals surface area contributed by atoms with Gasteiger partial charge in [0.2, 0.25) is 6.79 Å².